The number of halogens is 4. The highest BCUT2D eigenvalue weighted by Crippen LogP contribution is 2.32. The zero-order chi connectivity index (χ0) is 14.8. The first-order valence-electron chi connectivity index (χ1n) is 6.48. The van der Waals surface area contributed by atoms with Gasteiger partial charge in [0.1, 0.15) is 5.82 Å². The van der Waals surface area contributed by atoms with Crippen molar-refractivity contribution in [1.82, 2.24) is 5.32 Å². The summed E-state index contributed by atoms with van der Waals surface area (Å²) in [5, 5.41) is 3.14. The molecule has 1 aliphatic rings. The van der Waals surface area contributed by atoms with Gasteiger partial charge in [0.15, 0.2) is 5.78 Å². The van der Waals surface area contributed by atoms with Crippen LogP contribution in [0, 0.1) is 11.7 Å². The number of carbonyl (C=O) groups excluding carboxylic acids is 1. The van der Waals surface area contributed by atoms with Gasteiger partial charge in [-0.25, -0.2) is 4.39 Å². The summed E-state index contributed by atoms with van der Waals surface area (Å²) in [5.41, 5.74) is -1.46. The van der Waals surface area contributed by atoms with Gasteiger partial charge in [-0.15, -0.1) is 0 Å². The smallest absolute Gasteiger partial charge is 0.316 e. The fourth-order valence-electron chi connectivity index (χ4n) is 2.39. The molecule has 0 saturated carbocycles. The molecule has 1 fully saturated rings. The van der Waals surface area contributed by atoms with Crippen LogP contribution in [0.25, 0.3) is 0 Å². The number of alkyl halides is 3. The SMILES string of the molecule is O=C(CC1CCCNC1)c1ccc(F)c(C(F)(F)F)c1. The molecule has 1 saturated heterocycles. The van der Waals surface area contributed by atoms with E-state index in [2.05, 4.69) is 5.32 Å². The minimum absolute atomic E-state index is 0.0794. The third-order valence-electron chi connectivity index (χ3n) is 3.47. The van der Waals surface area contributed by atoms with E-state index in [9.17, 15) is 22.4 Å². The van der Waals surface area contributed by atoms with Gasteiger partial charge in [0.2, 0.25) is 0 Å². The Balaban J connectivity index is 2.13. The molecule has 6 heteroatoms. The first-order chi connectivity index (χ1) is 9.38. The molecule has 1 unspecified atom stereocenters. The van der Waals surface area contributed by atoms with Crippen LogP contribution < -0.4 is 5.32 Å². The van der Waals surface area contributed by atoms with Crippen LogP contribution in [-0.2, 0) is 6.18 Å². The average molecular weight is 289 g/mol. The molecule has 0 aromatic heterocycles. The first kappa shape index (κ1) is 15.0. The van der Waals surface area contributed by atoms with Crippen LogP contribution in [0.2, 0.25) is 0 Å². The van der Waals surface area contributed by atoms with Gasteiger partial charge in [-0.05, 0) is 50.0 Å². The van der Waals surface area contributed by atoms with Gasteiger partial charge < -0.3 is 5.32 Å². The summed E-state index contributed by atoms with van der Waals surface area (Å²) in [6.07, 6.45) is -2.76. The molecule has 2 nitrogen and oxygen atoms in total. The summed E-state index contributed by atoms with van der Waals surface area (Å²) in [5.74, 6) is -1.59. The van der Waals surface area contributed by atoms with Crippen molar-refractivity contribution in [2.45, 2.75) is 25.4 Å². The lowest BCUT2D eigenvalue weighted by Crippen LogP contribution is -2.31. The second-order valence-corrected chi connectivity index (χ2v) is 5.03. The van der Waals surface area contributed by atoms with Gasteiger partial charge in [0.25, 0.3) is 0 Å². The van der Waals surface area contributed by atoms with E-state index < -0.39 is 17.6 Å². The molecular formula is C14H15F4NO. The van der Waals surface area contributed by atoms with E-state index in [0.717, 1.165) is 25.5 Å². The number of Topliss-reactive ketones (excluding diaryl/α,β-unsaturated/α-hetero) is 1. The number of ketones is 1. The van der Waals surface area contributed by atoms with E-state index in [1.54, 1.807) is 0 Å². The molecule has 1 aromatic carbocycles. The van der Waals surface area contributed by atoms with Crippen LogP contribution >= 0.6 is 0 Å². The quantitative estimate of drug-likeness (QED) is 0.682. The largest absolute Gasteiger partial charge is 0.419 e. The molecular weight excluding hydrogens is 274 g/mol. The van der Waals surface area contributed by atoms with Crippen molar-refractivity contribution >= 4 is 5.78 Å². The molecule has 1 N–H and O–H groups in total. The number of carbonyl (C=O) groups is 1. The highest BCUT2D eigenvalue weighted by Gasteiger charge is 2.34. The van der Waals surface area contributed by atoms with Crippen molar-refractivity contribution in [2.24, 2.45) is 5.92 Å². The Kier molecular flexibility index (Phi) is 4.42. The van der Waals surface area contributed by atoms with E-state index in [-0.39, 0.29) is 23.7 Å². The third-order valence-corrected chi connectivity index (χ3v) is 3.47. The van der Waals surface area contributed by atoms with Crippen molar-refractivity contribution in [1.29, 1.82) is 0 Å². The Bertz CT molecular complexity index is 492. The van der Waals surface area contributed by atoms with Gasteiger partial charge in [-0.3, -0.25) is 4.79 Å². The monoisotopic (exact) mass is 289 g/mol. The molecule has 0 amide bonds. The fourth-order valence-corrected chi connectivity index (χ4v) is 2.39. The maximum atomic E-state index is 13.1. The Labute approximate surface area is 114 Å². The standard InChI is InChI=1S/C14H15F4NO/c15-12-4-3-10(7-11(12)14(16,17)18)13(20)6-9-2-1-5-19-8-9/h3-4,7,9,19H,1-2,5-6,8H2. The maximum Gasteiger partial charge on any atom is 0.419 e. The third kappa shape index (κ3) is 3.56. The van der Waals surface area contributed by atoms with E-state index in [0.29, 0.717) is 18.7 Å². The second kappa shape index (κ2) is 5.91. The summed E-state index contributed by atoms with van der Waals surface area (Å²) in [6.45, 7) is 1.60. The van der Waals surface area contributed by atoms with Gasteiger partial charge in [-0.1, -0.05) is 0 Å². The molecule has 20 heavy (non-hydrogen) atoms. The highest BCUT2D eigenvalue weighted by molar-refractivity contribution is 5.96. The van der Waals surface area contributed by atoms with Gasteiger partial charge in [0, 0.05) is 12.0 Å². The van der Waals surface area contributed by atoms with Crippen LogP contribution in [0.15, 0.2) is 18.2 Å². The van der Waals surface area contributed by atoms with Gasteiger partial charge in [0.05, 0.1) is 5.56 Å². The molecule has 110 valence electrons. The van der Waals surface area contributed by atoms with Crippen molar-refractivity contribution < 1.29 is 22.4 Å². The average Bonchev–Trinajstić information content (AvgIpc) is 2.39. The van der Waals surface area contributed by atoms with Crippen molar-refractivity contribution in [3.05, 3.63) is 35.1 Å². The van der Waals surface area contributed by atoms with Crippen LogP contribution in [0.3, 0.4) is 0 Å². The van der Waals surface area contributed by atoms with E-state index in [4.69, 9.17) is 0 Å². The predicted molar refractivity (Wildman–Crippen MR) is 65.9 cm³/mol. The summed E-state index contributed by atoms with van der Waals surface area (Å²) in [4.78, 5) is 12.0. The summed E-state index contributed by atoms with van der Waals surface area (Å²) < 4.78 is 50.9. The number of rotatable bonds is 3. The molecule has 0 spiro atoms. The number of nitrogens with one attached hydrogen (secondary N) is 1. The topological polar surface area (TPSA) is 29.1 Å². The van der Waals surface area contributed by atoms with Crippen molar-refractivity contribution in [2.75, 3.05) is 13.1 Å². The molecule has 2 rings (SSSR count). The highest BCUT2D eigenvalue weighted by atomic mass is 19.4. The lowest BCUT2D eigenvalue weighted by Gasteiger charge is -2.22. The van der Waals surface area contributed by atoms with Gasteiger partial charge >= 0.3 is 6.18 Å². The first-order valence-corrected chi connectivity index (χ1v) is 6.48. The van der Waals surface area contributed by atoms with E-state index in [1.807, 2.05) is 0 Å². The Morgan fingerprint density at radius 3 is 2.70 bits per heavy atom. The van der Waals surface area contributed by atoms with Crippen LogP contribution in [0.5, 0.6) is 0 Å². The Morgan fingerprint density at radius 1 is 1.35 bits per heavy atom. The van der Waals surface area contributed by atoms with Crippen LogP contribution in [0.4, 0.5) is 17.6 Å². The van der Waals surface area contributed by atoms with Gasteiger partial charge in [-0.2, -0.15) is 13.2 Å². The number of benzene rings is 1. The Morgan fingerprint density at radius 2 is 2.10 bits per heavy atom. The number of piperidine rings is 1. The summed E-state index contributed by atoms with van der Waals surface area (Å²) in [7, 11) is 0. The molecule has 1 heterocycles. The normalized spacial score (nSPS) is 19.9. The lowest BCUT2D eigenvalue weighted by molar-refractivity contribution is -0.140. The predicted octanol–water partition coefficient (Wildman–Crippen LogP) is 3.42. The van der Waals surface area contributed by atoms with E-state index >= 15 is 0 Å². The molecule has 1 atom stereocenters. The van der Waals surface area contributed by atoms with Crippen molar-refractivity contribution in [3.63, 3.8) is 0 Å². The molecule has 0 radical (unpaired) electrons. The van der Waals surface area contributed by atoms with E-state index in [1.165, 1.54) is 0 Å². The minimum atomic E-state index is -4.78. The zero-order valence-corrected chi connectivity index (χ0v) is 10.8. The van der Waals surface area contributed by atoms with Crippen molar-refractivity contribution in [3.8, 4) is 0 Å². The molecule has 0 bridgehead atoms. The second-order valence-electron chi connectivity index (χ2n) is 5.03. The summed E-state index contributed by atoms with van der Waals surface area (Å²) >= 11 is 0. The minimum Gasteiger partial charge on any atom is -0.316 e. The van der Waals surface area contributed by atoms with Crippen LogP contribution in [-0.4, -0.2) is 18.9 Å². The zero-order valence-electron chi connectivity index (χ0n) is 10.8. The summed E-state index contributed by atoms with van der Waals surface area (Å²) in [6, 6.07) is 2.42. The molecule has 0 aliphatic carbocycles. The maximum absolute atomic E-state index is 13.1. The van der Waals surface area contributed by atoms with Crippen LogP contribution in [0.1, 0.15) is 35.2 Å². The molecule has 1 aliphatic heterocycles. The number of hydrogen-bond donors (Lipinski definition) is 1. The Hall–Kier alpha value is -1.43. The number of hydrogen-bond acceptors (Lipinski definition) is 2. The lowest BCUT2D eigenvalue weighted by atomic mass is 9.91. The fraction of sp³-hybridized carbons (Fsp3) is 0.500. The molecule has 1 aromatic rings.